The van der Waals surface area contributed by atoms with Crippen LogP contribution >= 0.6 is 0 Å². The number of carboxylic acids is 1. The van der Waals surface area contributed by atoms with Crippen molar-refractivity contribution in [1.29, 1.82) is 0 Å². The molecule has 2 N–H and O–H groups in total. The van der Waals surface area contributed by atoms with Crippen LogP contribution in [0.3, 0.4) is 0 Å². The van der Waals surface area contributed by atoms with Gasteiger partial charge in [-0.05, 0) is 18.6 Å². The minimum absolute atomic E-state index is 0.226. The molecule has 6 nitrogen and oxygen atoms in total. The van der Waals surface area contributed by atoms with Crippen molar-refractivity contribution in [1.82, 2.24) is 14.9 Å². The van der Waals surface area contributed by atoms with E-state index in [0.29, 0.717) is 13.0 Å². The summed E-state index contributed by atoms with van der Waals surface area (Å²) in [5.74, 6) is -1.27. The Morgan fingerprint density at radius 1 is 1.40 bits per heavy atom. The molecular formula is C14H17N3O3. The molecule has 2 rings (SSSR count). The van der Waals surface area contributed by atoms with Gasteiger partial charge in [-0.3, -0.25) is 4.79 Å². The van der Waals surface area contributed by atoms with Gasteiger partial charge in [0.2, 0.25) is 5.91 Å². The summed E-state index contributed by atoms with van der Waals surface area (Å²) < 4.78 is 1.89. The molecule has 0 saturated heterocycles. The molecule has 0 aliphatic rings. The van der Waals surface area contributed by atoms with Gasteiger partial charge in [-0.15, -0.1) is 0 Å². The van der Waals surface area contributed by atoms with Gasteiger partial charge in [0.15, 0.2) is 0 Å². The zero-order chi connectivity index (χ0) is 14.5. The van der Waals surface area contributed by atoms with Crippen molar-refractivity contribution >= 4 is 22.9 Å². The van der Waals surface area contributed by atoms with E-state index >= 15 is 0 Å². The molecule has 1 aromatic carbocycles. The number of benzene rings is 1. The first-order valence-corrected chi connectivity index (χ1v) is 6.54. The first-order valence-electron chi connectivity index (χ1n) is 6.54. The maximum Gasteiger partial charge on any atom is 0.326 e. The quantitative estimate of drug-likeness (QED) is 0.834. The van der Waals surface area contributed by atoms with Crippen LogP contribution in [0.4, 0.5) is 0 Å². The van der Waals surface area contributed by atoms with E-state index in [1.54, 1.807) is 13.3 Å². The second-order valence-corrected chi connectivity index (χ2v) is 4.54. The number of amides is 1. The van der Waals surface area contributed by atoms with E-state index in [-0.39, 0.29) is 12.3 Å². The lowest BCUT2D eigenvalue weighted by atomic mass is 10.2. The Balaban J connectivity index is 1.95. The Morgan fingerprint density at radius 3 is 2.85 bits per heavy atom. The van der Waals surface area contributed by atoms with Crippen LogP contribution in [0.1, 0.15) is 19.8 Å². The van der Waals surface area contributed by atoms with Gasteiger partial charge in [0.1, 0.15) is 6.04 Å². The van der Waals surface area contributed by atoms with E-state index in [9.17, 15) is 9.59 Å². The zero-order valence-corrected chi connectivity index (χ0v) is 11.2. The molecule has 1 unspecified atom stereocenters. The molecule has 1 heterocycles. The molecule has 0 aliphatic heterocycles. The van der Waals surface area contributed by atoms with Crippen LogP contribution in [-0.2, 0) is 16.1 Å². The summed E-state index contributed by atoms with van der Waals surface area (Å²) in [7, 11) is 0. The smallest absolute Gasteiger partial charge is 0.326 e. The van der Waals surface area contributed by atoms with E-state index in [4.69, 9.17) is 5.11 Å². The van der Waals surface area contributed by atoms with Crippen molar-refractivity contribution in [2.45, 2.75) is 32.4 Å². The summed E-state index contributed by atoms with van der Waals surface area (Å²) in [5.41, 5.74) is 1.84. The molecule has 2 aromatic rings. The van der Waals surface area contributed by atoms with E-state index in [0.717, 1.165) is 11.0 Å². The van der Waals surface area contributed by atoms with Gasteiger partial charge < -0.3 is 15.0 Å². The monoisotopic (exact) mass is 275 g/mol. The highest BCUT2D eigenvalue weighted by molar-refractivity contribution is 5.83. The molecule has 0 bridgehead atoms. The zero-order valence-electron chi connectivity index (χ0n) is 11.2. The summed E-state index contributed by atoms with van der Waals surface area (Å²) in [4.78, 5) is 26.8. The molecule has 20 heavy (non-hydrogen) atoms. The number of nitrogens with one attached hydrogen (secondary N) is 1. The molecule has 106 valence electrons. The highest BCUT2D eigenvalue weighted by Gasteiger charge is 2.17. The van der Waals surface area contributed by atoms with Crippen molar-refractivity contribution in [2.75, 3.05) is 0 Å². The Morgan fingerprint density at radius 2 is 2.15 bits per heavy atom. The van der Waals surface area contributed by atoms with Crippen LogP contribution in [0.5, 0.6) is 0 Å². The molecular weight excluding hydrogens is 258 g/mol. The highest BCUT2D eigenvalue weighted by Crippen LogP contribution is 2.12. The van der Waals surface area contributed by atoms with Crippen LogP contribution < -0.4 is 5.32 Å². The molecule has 1 amide bonds. The topological polar surface area (TPSA) is 84.2 Å². The summed E-state index contributed by atoms with van der Waals surface area (Å²) >= 11 is 0. The molecule has 0 spiro atoms. The van der Waals surface area contributed by atoms with Gasteiger partial charge in [-0.2, -0.15) is 0 Å². The van der Waals surface area contributed by atoms with E-state index in [1.807, 2.05) is 28.8 Å². The van der Waals surface area contributed by atoms with Gasteiger partial charge in [0, 0.05) is 13.0 Å². The number of carbonyl (C=O) groups excluding carboxylic acids is 1. The Bertz CT molecular complexity index is 621. The number of imidazole rings is 1. The Kier molecular flexibility index (Phi) is 4.34. The molecule has 0 aliphatic carbocycles. The van der Waals surface area contributed by atoms with Crippen LogP contribution in [0, 0.1) is 0 Å². The first kappa shape index (κ1) is 14.0. The molecule has 0 saturated carbocycles. The van der Waals surface area contributed by atoms with Crippen LogP contribution in [-0.4, -0.2) is 32.6 Å². The summed E-state index contributed by atoms with van der Waals surface area (Å²) in [6, 6.07) is 6.85. The summed E-state index contributed by atoms with van der Waals surface area (Å²) in [6.45, 7) is 2.20. The minimum Gasteiger partial charge on any atom is -0.480 e. The van der Waals surface area contributed by atoms with E-state index < -0.39 is 12.0 Å². The van der Waals surface area contributed by atoms with Crippen molar-refractivity contribution in [3.8, 4) is 0 Å². The number of nitrogens with zero attached hydrogens (tertiary/aromatic N) is 2. The first-order chi connectivity index (χ1) is 9.61. The molecule has 1 atom stereocenters. The largest absolute Gasteiger partial charge is 0.480 e. The number of aromatic nitrogens is 2. The number of rotatable bonds is 6. The number of hydrogen-bond donors (Lipinski definition) is 2. The summed E-state index contributed by atoms with van der Waals surface area (Å²) in [6.07, 6.45) is 2.28. The Hall–Kier alpha value is -2.37. The lowest BCUT2D eigenvalue weighted by Gasteiger charge is -2.12. The number of aliphatic carboxylic acids is 1. The maximum atomic E-state index is 11.7. The Labute approximate surface area is 116 Å². The number of aryl methyl sites for hydroxylation is 1. The molecule has 6 heteroatoms. The average Bonchev–Trinajstić information content (AvgIpc) is 2.85. The fourth-order valence-corrected chi connectivity index (χ4v) is 2.02. The van der Waals surface area contributed by atoms with Gasteiger partial charge >= 0.3 is 5.97 Å². The second-order valence-electron chi connectivity index (χ2n) is 4.54. The van der Waals surface area contributed by atoms with Gasteiger partial charge in [-0.1, -0.05) is 19.1 Å². The standard InChI is InChI=1S/C14H17N3O3/c1-2-10(14(19)20)16-13(18)7-8-17-9-15-11-5-3-4-6-12(11)17/h3-6,9-10H,2,7-8H2,1H3,(H,16,18)(H,19,20). The minimum atomic E-state index is -1.01. The van der Waals surface area contributed by atoms with Crippen LogP contribution in [0.2, 0.25) is 0 Å². The predicted octanol–water partition coefficient (Wildman–Crippen LogP) is 1.41. The molecule has 1 aromatic heterocycles. The second kappa shape index (κ2) is 6.18. The van der Waals surface area contributed by atoms with E-state index in [1.165, 1.54) is 0 Å². The third-order valence-electron chi connectivity index (χ3n) is 3.15. The number of carbonyl (C=O) groups is 2. The maximum absolute atomic E-state index is 11.7. The van der Waals surface area contributed by atoms with Crippen molar-refractivity contribution in [3.05, 3.63) is 30.6 Å². The van der Waals surface area contributed by atoms with Crippen molar-refractivity contribution < 1.29 is 14.7 Å². The van der Waals surface area contributed by atoms with Gasteiger partial charge in [0.05, 0.1) is 17.4 Å². The predicted molar refractivity (Wildman–Crippen MR) is 74.2 cm³/mol. The lowest BCUT2D eigenvalue weighted by molar-refractivity contribution is -0.141. The number of fused-ring (bicyclic) bond motifs is 1. The van der Waals surface area contributed by atoms with Crippen LogP contribution in [0.15, 0.2) is 30.6 Å². The highest BCUT2D eigenvalue weighted by atomic mass is 16.4. The van der Waals surface area contributed by atoms with Crippen molar-refractivity contribution in [3.63, 3.8) is 0 Å². The number of carboxylic acid groups (broad SMARTS) is 1. The fourth-order valence-electron chi connectivity index (χ4n) is 2.02. The van der Waals surface area contributed by atoms with Crippen LogP contribution in [0.25, 0.3) is 11.0 Å². The SMILES string of the molecule is CCC(NC(=O)CCn1cnc2ccccc21)C(=O)O. The number of para-hydroxylation sites is 2. The average molecular weight is 275 g/mol. The van der Waals surface area contributed by atoms with E-state index in [2.05, 4.69) is 10.3 Å². The van der Waals surface area contributed by atoms with Gasteiger partial charge in [-0.25, -0.2) is 9.78 Å². The number of hydrogen-bond acceptors (Lipinski definition) is 3. The third kappa shape index (κ3) is 3.14. The fraction of sp³-hybridized carbons (Fsp3) is 0.357. The third-order valence-corrected chi connectivity index (χ3v) is 3.15. The lowest BCUT2D eigenvalue weighted by Crippen LogP contribution is -2.40. The molecule has 0 fully saturated rings. The molecule has 0 radical (unpaired) electrons. The summed E-state index contributed by atoms with van der Waals surface area (Å²) in [5, 5.41) is 11.4. The normalized spacial score (nSPS) is 12.2. The van der Waals surface area contributed by atoms with Gasteiger partial charge in [0.25, 0.3) is 0 Å². The van der Waals surface area contributed by atoms with Crippen molar-refractivity contribution in [2.24, 2.45) is 0 Å².